The van der Waals surface area contributed by atoms with E-state index in [1.165, 1.54) is 28.5 Å². The summed E-state index contributed by atoms with van der Waals surface area (Å²) < 4.78 is 52.5. The topological polar surface area (TPSA) is 123 Å². The van der Waals surface area contributed by atoms with Crippen molar-refractivity contribution in [1.82, 2.24) is 14.5 Å². The van der Waals surface area contributed by atoms with Gasteiger partial charge in [0.2, 0.25) is 5.91 Å². The van der Waals surface area contributed by atoms with Gasteiger partial charge in [0, 0.05) is 46.8 Å². The smallest absolute Gasteiger partial charge is 0.373 e. The van der Waals surface area contributed by atoms with E-state index in [1.54, 1.807) is 15.2 Å². The average molecular weight is 651 g/mol. The van der Waals surface area contributed by atoms with Crippen LogP contribution in [-0.4, -0.2) is 69.5 Å². The summed E-state index contributed by atoms with van der Waals surface area (Å²) in [5, 5.41) is 4.17. The molecular weight excluding hydrogens is 617 g/mol. The number of anilines is 2. The van der Waals surface area contributed by atoms with E-state index in [0.29, 0.717) is 5.52 Å². The van der Waals surface area contributed by atoms with E-state index >= 15 is 13.2 Å². The van der Waals surface area contributed by atoms with Crippen LogP contribution >= 0.6 is 23.1 Å². The molecule has 1 unspecified atom stereocenters. The van der Waals surface area contributed by atoms with Crippen molar-refractivity contribution in [2.75, 3.05) is 29.1 Å². The molecule has 0 saturated carbocycles. The van der Waals surface area contributed by atoms with Gasteiger partial charge in [-0.1, -0.05) is 6.58 Å². The highest BCUT2D eigenvalue weighted by atomic mass is 32.2. The molecule has 10 nitrogen and oxygen atoms in total. The lowest BCUT2D eigenvalue weighted by Crippen LogP contribution is -2.58. The molecule has 3 N–H and O–H groups in total. The number of rotatable bonds is 6. The number of piperazine rings is 1. The third-order valence-electron chi connectivity index (χ3n) is 7.57. The van der Waals surface area contributed by atoms with Crippen LogP contribution in [0.1, 0.15) is 33.3 Å². The molecule has 1 saturated heterocycles. The second-order valence-electron chi connectivity index (χ2n) is 11.2. The Morgan fingerprint density at radius 1 is 1.23 bits per heavy atom. The van der Waals surface area contributed by atoms with E-state index < -0.39 is 29.6 Å². The van der Waals surface area contributed by atoms with Crippen molar-refractivity contribution in [2.45, 2.75) is 69.6 Å². The predicted octanol–water partition coefficient (Wildman–Crippen LogP) is 5.15. The zero-order valence-corrected chi connectivity index (χ0v) is 26.2. The maximum atomic E-state index is 15.0. The van der Waals surface area contributed by atoms with Crippen LogP contribution < -0.4 is 21.6 Å². The van der Waals surface area contributed by atoms with Gasteiger partial charge in [0.25, 0.3) is 0 Å². The summed E-state index contributed by atoms with van der Waals surface area (Å²) in [4.78, 5) is 46.2. The highest BCUT2D eigenvalue weighted by Crippen LogP contribution is 2.51. The highest BCUT2D eigenvalue weighted by molar-refractivity contribution is 7.99. The number of carbonyl (C=O) groups is 2. The van der Waals surface area contributed by atoms with E-state index in [1.807, 2.05) is 27.7 Å². The summed E-state index contributed by atoms with van der Waals surface area (Å²) in [6.45, 7) is 11.5. The Hall–Kier alpha value is -3.56. The van der Waals surface area contributed by atoms with Gasteiger partial charge in [-0.2, -0.15) is 18.2 Å². The summed E-state index contributed by atoms with van der Waals surface area (Å²) >= 11 is 2.20. The van der Waals surface area contributed by atoms with Crippen LogP contribution in [-0.2, 0) is 22.3 Å². The number of primary amides is 1. The first-order chi connectivity index (χ1) is 20.7. The fraction of sp³-hybridized carbons (Fsp3) is 0.448. The molecule has 3 amide bonds. The molecule has 2 aliphatic heterocycles. The number of urea groups is 1. The molecule has 2 aliphatic rings. The molecule has 0 bridgehead atoms. The van der Waals surface area contributed by atoms with E-state index in [9.17, 15) is 14.4 Å². The lowest BCUT2D eigenvalue weighted by Gasteiger charge is -2.44. The van der Waals surface area contributed by atoms with Crippen LogP contribution in [0.4, 0.5) is 29.5 Å². The third kappa shape index (κ3) is 5.92. The SMILES string of the molecule is C=CC(=O)N1[C@H](C)CN(c2nc(=O)n3c4c(c(-c5sccc5NC(N)=O)c(C(F)(F)F)cc24)SCC(OC(C)C)C3)C[C@@H]1C. The Balaban J connectivity index is 1.81. The number of alkyl halides is 3. The number of thioether (sulfide) groups is 1. The minimum absolute atomic E-state index is 0.0941. The second-order valence-corrected chi connectivity index (χ2v) is 13.1. The Bertz CT molecular complexity index is 1680. The van der Waals surface area contributed by atoms with Crippen LogP contribution in [0, 0.1) is 0 Å². The van der Waals surface area contributed by atoms with Crippen molar-refractivity contribution in [3.8, 4) is 10.4 Å². The molecular formula is C29H33F3N6O4S2. The number of benzene rings is 1. The van der Waals surface area contributed by atoms with Gasteiger partial charge in [-0.3, -0.25) is 9.36 Å². The zero-order valence-electron chi connectivity index (χ0n) is 24.6. The largest absolute Gasteiger partial charge is 0.417 e. The molecule has 5 rings (SSSR count). The Kier molecular flexibility index (Phi) is 8.75. The number of hydrogen-bond donors (Lipinski definition) is 2. The van der Waals surface area contributed by atoms with Gasteiger partial charge in [0.15, 0.2) is 0 Å². The third-order valence-corrected chi connectivity index (χ3v) is 9.72. The zero-order chi connectivity index (χ0) is 32.1. The van der Waals surface area contributed by atoms with Crippen molar-refractivity contribution in [3.05, 3.63) is 46.2 Å². The molecule has 4 heterocycles. The summed E-state index contributed by atoms with van der Waals surface area (Å²) in [7, 11) is 0. The van der Waals surface area contributed by atoms with E-state index in [0.717, 1.165) is 17.4 Å². The highest BCUT2D eigenvalue weighted by Gasteiger charge is 2.40. The maximum absolute atomic E-state index is 15.0. The van der Waals surface area contributed by atoms with Gasteiger partial charge in [-0.25, -0.2) is 9.59 Å². The molecule has 0 spiro atoms. The second kappa shape index (κ2) is 12.1. The molecule has 44 heavy (non-hydrogen) atoms. The van der Waals surface area contributed by atoms with Crippen LogP contribution in [0.25, 0.3) is 21.3 Å². The molecule has 3 atom stereocenters. The van der Waals surface area contributed by atoms with Crippen LogP contribution in [0.15, 0.2) is 39.9 Å². The minimum Gasteiger partial charge on any atom is -0.373 e. The summed E-state index contributed by atoms with van der Waals surface area (Å²) in [6, 6.07) is 0.967. The van der Waals surface area contributed by atoms with E-state index in [2.05, 4.69) is 16.9 Å². The van der Waals surface area contributed by atoms with Crippen molar-refractivity contribution in [3.63, 3.8) is 0 Å². The lowest BCUT2D eigenvalue weighted by atomic mass is 9.99. The number of amides is 3. The number of carbonyl (C=O) groups excluding carboxylic acids is 2. The molecule has 0 aliphatic carbocycles. The fourth-order valence-electron chi connectivity index (χ4n) is 6.06. The van der Waals surface area contributed by atoms with Gasteiger partial charge < -0.3 is 25.6 Å². The van der Waals surface area contributed by atoms with E-state index in [4.69, 9.17) is 10.5 Å². The number of hydrogen-bond acceptors (Lipinski definition) is 8. The van der Waals surface area contributed by atoms with Gasteiger partial charge in [0.1, 0.15) is 5.82 Å². The van der Waals surface area contributed by atoms with Crippen LogP contribution in [0.5, 0.6) is 0 Å². The molecule has 1 fully saturated rings. The number of halogens is 3. The number of thiophene rings is 1. The Labute approximate surface area is 260 Å². The molecule has 3 aromatic rings. The molecule has 2 aromatic heterocycles. The molecule has 236 valence electrons. The van der Waals surface area contributed by atoms with Gasteiger partial charge >= 0.3 is 17.9 Å². The molecule has 1 aromatic carbocycles. The first-order valence-corrected chi connectivity index (χ1v) is 15.9. The van der Waals surface area contributed by atoms with Crippen molar-refractivity contribution < 1.29 is 27.5 Å². The number of nitrogens with zero attached hydrogens (tertiary/aromatic N) is 4. The standard InChI is InChI=1S/C29H33F3N6O4S2/c1-6-21(39)38-15(4)10-36(11-16(38)5)26-18-9-19(29(30,31)32)22(24-20(7-8-43-24)34-27(33)40)25-23(18)37(28(41)35-26)12-17(13-44-25)42-14(2)3/h6-9,14-17H,1,10-13H2,2-5H3,(H3,33,34,40)/t15-,16+,17?. The fourth-order valence-corrected chi connectivity index (χ4v) is 8.29. The molecule has 15 heteroatoms. The minimum atomic E-state index is -4.80. The van der Waals surface area contributed by atoms with Crippen LogP contribution in [0.2, 0.25) is 0 Å². The van der Waals surface area contributed by atoms with Crippen molar-refractivity contribution >= 4 is 57.4 Å². The Morgan fingerprint density at radius 3 is 2.50 bits per heavy atom. The van der Waals surface area contributed by atoms with E-state index in [-0.39, 0.29) is 81.7 Å². The van der Waals surface area contributed by atoms with Crippen molar-refractivity contribution in [2.24, 2.45) is 5.73 Å². The average Bonchev–Trinajstić information content (AvgIpc) is 3.28. The quantitative estimate of drug-likeness (QED) is 0.354. The first-order valence-electron chi connectivity index (χ1n) is 14.0. The normalized spacial score (nSPS) is 20.6. The maximum Gasteiger partial charge on any atom is 0.417 e. The van der Waals surface area contributed by atoms with Crippen LogP contribution in [0.3, 0.4) is 0 Å². The number of nitrogens with two attached hydrogens (primary N) is 1. The monoisotopic (exact) mass is 650 g/mol. The van der Waals surface area contributed by atoms with Gasteiger partial charge in [-0.15, -0.1) is 23.1 Å². The Morgan fingerprint density at radius 2 is 1.91 bits per heavy atom. The summed E-state index contributed by atoms with van der Waals surface area (Å²) in [5.41, 5.74) is 4.10. The van der Waals surface area contributed by atoms with Gasteiger partial charge in [-0.05, 0) is 51.3 Å². The summed E-state index contributed by atoms with van der Waals surface area (Å²) in [6.07, 6.45) is -4.24. The molecule has 0 radical (unpaired) electrons. The first kappa shape index (κ1) is 31.9. The summed E-state index contributed by atoms with van der Waals surface area (Å²) in [5.74, 6) is 0.145. The number of nitrogens with one attached hydrogen (secondary N) is 1. The van der Waals surface area contributed by atoms with Crippen molar-refractivity contribution in [1.29, 1.82) is 0 Å². The number of aromatic nitrogens is 2. The van der Waals surface area contributed by atoms with Gasteiger partial charge in [0.05, 0.1) is 40.4 Å². The lowest BCUT2D eigenvalue weighted by molar-refractivity contribution is -0.137. The number of ether oxygens (including phenoxy) is 1. The predicted molar refractivity (Wildman–Crippen MR) is 166 cm³/mol.